The minimum atomic E-state index is -3.42. The van der Waals surface area contributed by atoms with Gasteiger partial charge in [0.15, 0.2) is 0 Å². The van der Waals surface area contributed by atoms with E-state index >= 15 is 0 Å². The van der Waals surface area contributed by atoms with Gasteiger partial charge in [0.1, 0.15) is 0 Å². The van der Waals surface area contributed by atoms with Gasteiger partial charge in [-0.05, 0) is 68.1 Å². The van der Waals surface area contributed by atoms with Crippen LogP contribution < -0.4 is 5.73 Å². The van der Waals surface area contributed by atoms with Gasteiger partial charge in [-0.15, -0.1) is 0 Å². The summed E-state index contributed by atoms with van der Waals surface area (Å²) in [5.74, 6) is 0.535. The van der Waals surface area contributed by atoms with Crippen LogP contribution in [0.25, 0.3) is 0 Å². The number of nitrogens with zero attached hydrogens (tertiary/aromatic N) is 3. The van der Waals surface area contributed by atoms with Gasteiger partial charge < -0.3 is 5.73 Å². The Labute approximate surface area is 199 Å². The molecule has 1 aromatic carbocycles. The number of amides is 1. The normalized spacial score (nSPS) is 26.8. The number of piperidine rings is 1. The fourth-order valence-electron chi connectivity index (χ4n) is 6.27. The fourth-order valence-corrected chi connectivity index (χ4v) is 7.45. The second-order valence-corrected chi connectivity index (χ2v) is 12.6. The Hall–Kier alpha value is -1.48. The molecule has 2 N–H and O–H groups in total. The first kappa shape index (κ1) is 24.6. The Morgan fingerprint density at radius 1 is 1.06 bits per heavy atom. The van der Waals surface area contributed by atoms with E-state index in [1.807, 2.05) is 12.1 Å². The lowest BCUT2D eigenvalue weighted by atomic mass is 9.84. The van der Waals surface area contributed by atoms with Gasteiger partial charge in [0.25, 0.3) is 10.2 Å². The van der Waals surface area contributed by atoms with E-state index in [-0.39, 0.29) is 5.91 Å². The van der Waals surface area contributed by atoms with Crippen LogP contribution in [-0.4, -0.2) is 73.6 Å². The molecule has 184 valence electrons. The molecule has 7 nitrogen and oxygen atoms in total. The van der Waals surface area contributed by atoms with Gasteiger partial charge in [0.05, 0.1) is 0 Å². The minimum absolute atomic E-state index is 0.377. The first-order valence-corrected chi connectivity index (χ1v) is 14.0. The summed E-state index contributed by atoms with van der Waals surface area (Å²) in [6, 6.07) is 8.73. The first-order chi connectivity index (χ1) is 15.8. The van der Waals surface area contributed by atoms with E-state index in [0.717, 1.165) is 32.2 Å². The third kappa shape index (κ3) is 5.61. The van der Waals surface area contributed by atoms with Crippen molar-refractivity contribution in [1.82, 2.24) is 13.5 Å². The average molecular weight is 477 g/mol. The van der Waals surface area contributed by atoms with Gasteiger partial charge in [-0.1, -0.05) is 31.4 Å². The quantitative estimate of drug-likeness (QED) is 0.593. The SMILES string of the molecule is CN(C)S(=O)(=O)N(CCN1C2CCC1CC(c1cccc(C(N)=O)c1)C2)CC1CCCCC1. The van der Waals surface area contributed by atoms with Crippen LogP contribution in [0, 0.1) is 5.92 Å². The number of nitrogens with two attached hydrogens (primary N) is 1. The van der Waals surface area contributed by atoms with Gasteiger partial charge in [0.2, 0.25) is 5.91 Å². The second kappa shape index (κ2) is 10.4. The Bertz CT molecular complexity index is 915. The number of fused-ring (bicyclic) bond motifs is 2. The Kier molecular flexibility index (Phi) is 7.78. The van der Waals surface area contributed by atoms with Crippen molar-refractivity contribution in [2.75, 3.05) is 33.7 Å². The molecule has 0 aromatic heterocycles. The molecule has 1 saturated carbocycles. The average Bonchev–Trinajstić information content (AvgIpc) is 3.03. The highest BCUT2D eigenvalue weighted by Crippen LogP contribution is 2.43. The van der Waals surface area contributed by atoms with Gasteiger partial charge >= 0.3 is 0 Å². The van der Waals surface area contributed by atoms with Gasteiger partial charge in [-0.3, -0.25) is 9.69 Å². The lowest BCUT2D eigenvalue weighted by molar-refractivity contribution is 0.0999. The van der Waals surface area contributed by atoms with Crippen LogP contribution >= 0.6 is 0 Å². The van der Waals surface area contributed by atoms with Crippen LogP contribution in [0.15, 0.2) is 24.3 Å². The van der Waals surface area contributed by atoms with E-state index in [4.69, 9.17) is 5.73 Å². The fraction of sp³-hybridized carbons (Fsp3) is 0.720. The molecule has 8 heteroatoms. The molecule has 2 unspecified atom stereocenters. The molecule has 2 atom stereocenters. The molecule has 0 spiro atoms. The van der Waals surface area contributed by atoms with E-state index in [0.29, 0.717) is 42.6 Å². The zero-order valence-electron chi connectivity index (χ0n) is 20.2. The predicted octanol–water partition coefficient (Wildman–Crippen LogP) is 3.18. The molecule has 3 fully saturated rings. The molecule has 4 rings (SSSR count). The Balaban J connectivity index is 1.41. The van der Waals surface area contributed by atoms with Gasteiger partial charge in [-0.25, -0.2) is 0 Å². The summed E-state index contributed by atoms with van der Waals surface area (Å²) in [6.07, 6.45) is 10.4. The molecule has 0 radical (unpaired) electrons. The number of hydrogen-bond donors (Lipinski definition) is 1. The Morgan fingerprint density at radius 2 is 1.73 bits per heavy atom. The highest BCUT2D eigenvalue weighted by molar-refractivity contribution is 7.86. The zero-order chi connectivity index (χ0) is 23.6. The third-order valence-electron chi connectivity index (χ3n) is 8.11. The van der Waals surface area contributed by atoms with E-state index in [1.54, 1.807) is 24.5 Å². The van der Waals surface area contributed by atoms with Crippen LogP contribution in [0.4, 0.5) is 0 Å². The molecule has 1 aliphatic carbocycles. The second-order valence-electron chi connectivity index (χ2n) is 10.4. The van der Waals surface area contributed by atoms with Gasteiger partial charge in [-0.2, -0.15) is 17.0 Å². The summed E-state index contributed by atoms with van der Waals surface area (Å²) >= 11 is 0. The summed E-state index contributed by atoms with van der Waals surface area (Å²) in [4.78, 5) is 14.2. The lowest BCUT2D eigenvalue weighted by Crippen LogP contribution is -2.49. The zero-order valence-corrected chi connectivity index (χ0v) is 21.0. The van der Waals surface area contributed by atoms with Crippen molar-refractivity contribution >= 4 is 16.1 Å². The summed E-state index contributed by atoms with van der Waals surface area (Å²) in [6.45, 7) is 2.00. The van der Waals surface area contributed by atoms with Crippen molar-refractivity contribution in [1.29, 1.82) is 0 Å². The van der Waals surface area contributed by atoms with Gasteiger partial charge in [0, 0.05) is 51.4 Å². The van der Waals surface area contributed by atoms with Crippen LogP contribution in [0.3, 0.4) is 0 Å². The van der Waals surface area contributed by atoms with Crippen LogP contribution in [0.1, 0.15) is 79.6 Å². The highest BCUT2D eigenvalue weighted by atomic mass is 32.2. The molecule has 3 aliphatic rings. The number of benzene rings is 1. The molecule has 1 aromatic rings. The van der Waals surface area contributed by atoms with E-state index in [1.165, 1.54) is 42.0 Å². The van der Waals surface area contributed by atoms with Crippen molar-refractivity contribution in [2.24, 2.45) is 11.7 Å². The smallest absolute Gasteiger partial charge is 0.281 e. The van der Waals surface area contributed by atoms with Crippen molar-refractivity contribution in [2.45, 2.75) is 75.8 Å². The summed E-state index contributed by atoms with van der Waals surface area (Å²) in [5, 5.41) is 0. The standard InChI is InChI=1S/C25H40N4O3S/c1-27(2)33(31,32)28(18-19-7-4-3-5-8-19)13-14-29-23-11-12-24(29)17-22(16-23)20-9-6-10-21(15-20)25(26)30/h6,9-10,15,19,22-24H,3-5,7-8,11-14,16-18H2,1-2H3,(H2,26,30). The Morgan fingerprint density at radius 3 is 2.33 bits per heavy atom. The molecular weight excluding hydrogens is 436 g/mol. The predicted molar refractivity (Wildman–Crippen MR) is 131 cm³/mol. The number of hydrogen-bond acceptors (Lipinski definition) is 4. The number of rotatable bonds is 9. The first-order valence-electron chi connectivity index (χ1n) is 12.6. The number of carbonyl (C=O) groups excluding carboxylic acids is 1. The largest absolute Gasteiger partial charge is 0.366 e. The van der Waals surface area contributed by atoms with E-state index in [9.17, 15) is 13.2 Å². The lowest BCUT2D eigenvalue weighted by Gasteiger charge is -2.40. The van der Waals surface area contributed by atoms with Crippen molar-refractivity contribution in [3.8, 4) is 0 Å². The monoisotopic (exact) mass is 476 g/mol. The van der Waals surface area contributed by atoms with Crippen LogP contribution in [0.5, 0.6) is 0 Å². The minimum Gasteiger partial charge on any atom is -0.366 e. The summed E-state index contributed by atoms with van der Waals surface area (Å²) < 4.78 is 29.3. The van der Waals surface area contributed by atoms with Crippen molar-refractivity contribution in [3.05, 3.63) is 35.4 Å². The van der Waals surface area contributed by atoms with Crippen molar-refractivity contribution < 1.29 is 13.2 Å². The molecule has 2 heterocycles. The van der Waals surface area contributed by atoms with Crippen molar-refractivity contribution in [3.63, 3.8) is 0 Å². The molecule has 2 aliphatic heterocycles. The molecule has 1 amide bonds. The van der Waals surface area contributed by atoms with Crippen LogP contribution in [0.2, 0.25) is 0 Å². The van der Waals surface area contributed by atoms with Crippen LogP contribution in [-0.2, 0) is 10.2 Å². The number of carbonyl (C=O) groups is 1. The van der Waals surface area contributed by atoms with E-state index in [2.05, 4.69) is 11.0 Å². The highest BCUT2D eigenvalue weighted by Gasteiger charge is 2.41. The molecule has 33 heavy (non-hydrogen) atoms. The maximum atomic E-state index is 13.1. The maximum Gasteiger partial charge on any atom is 0.281 e. The summed E-state index contributed by atoms with van der Waals surface area (Å²) in [7, 11) is -0.149. The topological polar surface area (TPSA) is 87.0 Å². The van der Waals surface area contributed by atoms with E-state index < -0.39 is 10.2 Å². The maximum absolute atomic E-state index is 13.1. The third-order valence-corrected chi connectivity index (χ3v) is 10.0. The molecule has 2 saturated heterocycles. The molecule has 2 bridgehead atoms. The summed E-state index contributed by atoms with van der Waals surface area (Å²) in [5.41, 5.74) is 7.27. The molecular formula is C25H40N4O3S. The number of primary amides is 1.